The summed E-state index contributed by atoms with van der Waals surface area (Å²) in [6, 6.07) is 11.8. The summed E-state index contributed by atoms with van der Waals surface area (Å²) in [6.45, 7) is 7.45. The van der Waals surface area contributed by atoms with Crippen molar-refractivity contribution in [2.45, 2.75) is 20.8 Å². The summed E-state index contributed by atoms with van der Waals surface area (Å²) in [6.07, 6.45) is 1.79. The van der Waals surface area contributed by atoms with Crippen LogP contribution in [0, 0.1) is 12.7 Å². The molecule has 1 unspecified atom stereocenters. The van der Waals surface area contributed by atoms with Gasteiger partial charge < -0.3 is 10.2 Å². The molecule has 6 heteroatoms. The zero-order valence-electron chi connectivity index (χ0n) is 15.7. The van der Waals surface area contributed by atoms with E-state index in [0.717, 1.165) is 22.0 Å². The SMILES string of the molecule is C/C(C(=O)O)=C(\C=C(/C)c1ccc(F)cc1)NP(C)c1ccc(Cl)cc1C. The molecule has 0 aliphatic rings. The van der Waals surface area contributed by atoms with Crippen LogP contribution in [-0.4, -0.2) is 17.7 Å². The van der Waals surface area contributed by atoms with E-state index in [1.165, 1.54) is 12.1 Å². The van der Waals surface area contributed by atoms with Gasteiger partial charge in [-0.2, -0.15) is 0 Å². The highest BCUT2D eigenvalue weighted by Gasteiger charge is 2.14. The second-order valence-electron chi connectivity index (χ2n) is 6.28. The first-order chi connectivity index (χ1) is 12.7. The number of halogens is 2. The standard InChI is InChI=1S/C21H22ClFNO2P/c1-13(16-5-8-18(23)9-6-16)12-19(15(3)21(25)26)24-27(4)20-10-7-17(22)11-14(20)2/h5-12,24H,1-4H3,(H,25,26)/b13-12+,19-15-. The van der Waals surface area contributed by atoms with Gasteiger partial charge in [-0.3, -0.25) is 0 Å². The molecule has 0 radical (unpaired) electrons. The molecule has 142 valence electrons. The molecule has 0 saturated carbocycles. The molecule has 0 bridgehead atoms. The third-order valence-corrected chi connectivity index (χ3v) is 6.23. The predicted molar refractivity (Wildman–Crippen MR) is 112 cm³/mol. The number of aryl methyl sites for hydroxylation is 1. The van der Waals surface area contributed by atoms with Crippen LogP contribution in [0.2, 0.25) is 5.02 Å². The van der Waals surface area contributed by atoms with Crippen LogP contribution in [0.25, 0.3) is 5.57 Å². The summed E-state index contributed by atoms with van der Waals surface area (Å²) in [7, 11) is -0.845. The van der Waals surface area contributed by atoms with Gasteiger partial charge in [0.25, 0.3) is 0 Å². The van der Waals surface area contributed by atoms with E-state index in [0.29, 0.717) is 10.7 Å². The molecular weight excluding hydrogens is 384 g/mol. The lowest BCUT2D eigenvalue weighted by molar-refractivity contribution is -0.132. The van der Waals surface area contributed by atoms with Gasteiger partial charge in [0.2, 0.25) is 0 Å². The minimum atomic E-state index is -0.989. The monoisotopic (exact) mass is 405 g/mol. The van der Waals surface area contributed by atoms with Crippen molar-refractivity contribution in [3.63, 3.8) is 0 Å². The molecule has 0 aliphatic heterocycles. The first-order valence-electron chi connectivity index (χ1n) is 8.34. The molecule has 0 spiro atoms. The van der Waals surface area contributed by atoms with Crippen LogP contribution >= 0.6 is 19.7 Å². The summed E-state index contributed by atoms with van der Waals surface area (Å²) in [5.41, 5.74) is 3.48. The van der Waals surface area contributed by atoms with Gasteiger partial charge in [0.05, 0.1) is 5.57 Å². The maximum Gasteiger partial charge on any atom is 0.333 e. The number of allylic oxidation sites excluding steroid dienone is 2. The zero-order valence-corrected chi connectivity index (χ0v) is 17.3. The van der Waals surface area contributed by atoms with E-state index >= 15 is 0 Å². The predicted octanol–water partition coefficient (Wildman–Crippen LogP) is 5.49. The van der Waals surface area contributed by atoms with E-state index in [2.05, 4.69) is 5.09 Å². The fourth-order valence-electron chi connectivity index (χ4n) is 2.59. The van der Waals surface area contributed by atoms with E-state index in [4.69, 9.17) is 11.6 Å². The number of rotatable bonds is 6. The van der Waals surface area contributed by atoms with Crippen molar-refractivity contribution >= 4 is 36.5 Å². The molecule has 0 amide bonds. The third kappa shape index (κ3) is 5.66. The third-order valence-electron chi connectivity index (χ3n) is 4.19. The van der Waals surface area contributed by atoms with Gasteiger partial charge in [-0.15, -0.1) is 0 Å². The molecule has 0 saturated heterocycles. The summed E-state index contributed by atoms with van der Waals surface area (Å²) in [5, 5.41) is 14.6. The van der Waals surface area contributed by atoms with Crippen LogP contribution < -0.4 is 10.4 Å². The maximum atomic E-state index is 13.1. The number of carboxylic acids is 1. The molecule has 2 aromatic rings. The number of hydrogen-bond donors (Lipinski definition) is 2. The molecule has 1 atom stereocenters. The summed E-state index contributed by atoms with van der Waals surface area (Å²) in [5.74, 6) is -1.30. The molecule has 0 fully saturated rings. The van der Waals surface area contributed by atoms with Crippen molar-refractivity contribution in [3.8, 4) is 0 Å². The van der Waals surface area contributed by atoms with Crippen molar-refractivity contribution in [1.82, 2.24) is 5.09 Å². The lowest BCUT2D eigenvalue weighted by Crippen LogP contribution is -2.18. The maximum absolute atomic E-state index is 13.1. The molecule has 2 N–H and O–H groups in total. The van der Waals surface area contributed by atoms with Crippen LogP contribution in [0.3, 0.4) is 0 Å². The van der Waals surface area contributed by atoms with Crippen molar-refractivity contribution in [2.24, 2.45) is 0 Å². The number of carboxylic acid groups (broad SMARTS) is 1. The highest BCUT2D eigenvalue weighted by molar-refractivity contribution is 7.63. The molecule has 3 nitrogen and oxygen atoms in total. The summed E-state index contributed by atoms with van der Waals surface area (Å²) >= 11 is 6.03. The smallest absolute Gasteiger partial charge is 0.333 e. The highest BCUT2D eigenvalue weighted by Crippen LogP contribution is 2.31. The van der Waals surface area contributed by atoms with E-state index in [1.807, 2.05) is 38.7 Å². The second-order valence-corrected chi connectivity index (χ2v) is 8.54. The van der Waals surface area contributed by atoms with E-state index in [9.17, 15) is 14.3 Å². The van der Waals surface area contributed by atoms with Gasteiger partial charge in [0.1, 0.15) is 5.82 Å². The molecular formula is C21H22ClFNO2P. The average Bonchev–Trinajstić information content (AvgIpc) is 2.60. The zero-order chi connectivity index (χ0) is 20.1. The molecule has 2 rings (SSSR count). The first-order valence-corrected chi connectivity index (χ1v) is 10.5. The second kappa shape index (κ2) is 9.16. The topological polar surface area (TPSA) is 49.3 Å². The van der Waals surface area contributed by atoms with E-state index < -0.39 is 14.0 Å². The van der Waals surface area contributed by atoms with Gasteiger partial charge in [-0.1, -0.05) is 29.8 Å². The van der Waals surface area contributed by atoms with E-state index in [1.54, 1.807) is 25.1 Å². The van der Waals surface area contributed by atoms with Crippen molar-refractivity contribution in [3.05, 3.63) is 81.8 Å². The summed E-state index contributed by atoms with van der Waals surface area (Å²) in [4.78, 5) is 11.5. The largest absolute Gasteiger partial charge is 0.478 e. The fourth-order valence-corrected chi connectivity index (χ4v) is 4.42. The molecule has 2 aromatic carbocycles. The Morgan fingerprint density at radius 3 is 2.37 bits per heavy atom. The lowest BCUT2D eigenvalue weighted by atomic mass is 10.1. The minimum absolute atomic E-state index is 0.220. The van der Waals surface area contributed by atoms with Crippen LogP contribution in [0.15, 0.2) is 59.8 Å². The van der Waals surface area contributed by atoms with Gasteiger partial charge in [0.15, 0.2) is 0 Å². The average molecular weight is 406 g/mol. The Labute approximate surface area is 165 Å². The summed E-state index contributed by atoms with van der Waals surface area (Å²) < 4.78 is 13.1. The van der Waals surface area contributed by atoms with Crippen molar-refractivity contribution in [1.29, 1.82) is 0 Å². The van der Waals surface area contributed by atoms with Crippen LogP contribution in [0.4, 0.5) is 4.39 Å². The van der Waals surface area contributed by atoms with Crippen molar-refractivity contribution < 1.29 is 14.3 Å². The normalized spacial score (nSPS) is 13.8. The van der Waals surface area contributed by atoms with Gasteiger partial charge in [-0.25, -0.2) is 9.18 Å². The van der Waals surface area contributed by atoms with Crippen LogP contribution in [0.1, 0.15) is 25.0 Å². The Morgan fingerprint density at radius 2 is 1.81 bits per heavy atom. The quantitative estimate of drug-likeness (QED) is 0.379. The minimum Gasteiger partial charge on any atom is -0.478 e. The first kappa shape index (κ1) is 21.1. The lowest BCUT2D eigenvalue weighted by Gasteiger charge is -2.20. The molecule has 0 heterocycles. The van der Waals surface area contributed by atoms with Gasteiger partial charge >= 0.3 is 5.97 Å². The Bertz CT molecular complexity index is 907. The Kier molecular flexibility index (Phi) is 7.18. The molecule has 27 heavy (non-hydrogen) atoms. The Balaban J connectivity index is 2.38. The fraction of sp³-hybridized carbons (Fsp3) is 0.190. The Hall–Kier alpha value is -2.16. The van der Waals surface area contributed by atoms with Crippen LogP contribution in [0.5, 0.6) is 0 Å². The molecule has 0 aliphatic carbocycles. The molecule has 0 aromatic heterocycles. The number of carbonyl (C=O) groups is 1. The van der Waals surface area contributed by atoms with Crippen molar-refractivity contribution in [2.75, 3.05) is 6.66 Å². The Morgan fingerprint density at radius 1 is 1.19 bits per heavy atom. The van der Waals surface area contributed by atoms with Crippen LogP contribution in [-0.2, 0) is 4.79 Å². The van der Waals surface area contributed by atoms with Gasteiger partial charge in [0, 0.05) is 18.8 Å². The number of aliphatic carboxylic acids is 1. The number of benzene rings is 2. The van der Waals surface area contributed by atoms with E-state index in [-0.39, 0.29) is 11.4 Å². The van der Waals surface area contributed by atoms with Gasteiger partial charge in [-0.05, 0) is 79.8 Å². The number of hydrogen-bond acceptors (Lipinski definition) is 2. The highest BCUT2D eigenvalue weighted by atomic mass is 35.5. The number of nitrogens with one attached hydrogen (secondary N) is 1.